The highest BCUT2D eigenvalue weighted by atomic mass is 16.7. The molecule has 73 heavy (non-hydrogen) atoms. The van der Waals surface area contributed by atoms with Crippen LogP contribution in [0.4, 0.5) is 0 Å². The second-order valence-corrected chi connectivity index (χ2v) is 22.5. The van der Waals surface area contributed by atoms with Crippen molar-refractivity contribution in [3.05, 3.63) is 12.2 Å². The highest BCUT2D eigenvalue weighted by Crippen LogP contribution is 2.24. The van der Waals surface area contributed by atoms with Gasteiger partial charge in [0.25, 0.3) is 0 Å². The summed E-state index contributed by atoms with van der Waals surface area (Å²) in [5.41, 5.74) is 0. The van der Waals surface area contributed by atoms with Crippen molar-refractivity contribution in [1.82, 2.24) is 5.32 Å². The third-order valence-electron chi connectivity index (χ3n) is 15.6. The van der Waals surface area contributed by atoms with Gasteiger partial charge in [-0.3, -0.25) is 4.79 Å². The van der Waals surface area contributed by atoms with Crippen LogP contribution in [0.2, 0.25) is 0 Å². The van der Waals surface area contributed by atoms with Gasteiger partial charge in [0.15, 0.2) is 6.29 Å². The van der Waals surface area contributed by atoms with Gasteiger partial charge in [0.1, 0.15) is 36.6 Å². The molecular weight excluding hydrogens is 919 g/mol. The third-order valence-corrected chi connectivity index (χ3v) is 15.6. The lowest BCUT2D eigenvalue weighted by atomic mass is 9.98. The van der Waals surface area contributed by atoms with Crippen LogP contribution in [-0.4, -0.2) is 110 Å². The van der Waals surface area contributed by atoms with E-state index in [9.17, 15) is 40.5 Å². The molecular formula is C62H121NO10. The first-order valence-electron chi connectivity index (χ1n) is 31.6. The summed E-state index contributed by atoms with van der Waals surface area (Å²) in [6, 6.07) is -1.16. The molecule has 434 valence electrons. The fourth-order valence-corrected chi connectivity index (χ4v) is 10.4. The minimum atomic E-state index is -1.66. The Bertz CT molecular complexity index is 1190. The molecule has 0 bridgehead atoms. The van der Waals surface area contributed by atoms with Crippen LogP contribution >= 0.6 is 0 Å². The van der Waals surface area contributed by atoms with E-state index in [0.29, 0.717) is 19.3 Å². The molecule has 0 radical (unpaired) electrons. The number of carbonyl (C=O) groups is 1. The van der Waals surface area contributed by atoms with E-state index in [4.69, 9.17) is 9.47 Å². The average Bonchev–Trinajstić information content (AvgIpc) is 3.39. The minimum absolute atomic E-state index is 0.265. The van der Waals surface area contributed by atoms with Crippen molar-refractivity contribution < 1.29 is 50.0 Å². The first-order valence-corrected chi connectivity index (χ1v) is 31.6. The summed E-state index contributed by atoms with van der Waals surface area (Å²) in [5.74, 6) is -0.691. The molecule has 1 amide bonds. The number of carbonyl (C=O) groups excluding carboxylic acids is 1. The number of hydrogen-bond donors (Lipinski definition) is 8. The Morgan fingerprint density at radius 2 is 0.795 bits per heavy atom. The standard InChI is InChI=1S/C62H121NO10/c1-3-5-7-9-11-13-15-17-19-20-21-22-23-24-25-26-27-28-29-30-31-32-33-34-35-36-38-40-42-44-46-48-50-55(66)61(71)63-53(52-72-62-60(70)59(69)58(68)56(51-64)73-62)57(67)54(65)49-47-45-43-41-39-37-18-16-14-12-10-8-6-4-2/h24-25,53-60,62,64-70H,3-23,26-52H2,1-2H3,(H,63,71)/b25-24-. The van der Waals surface area contributed by atoms with Crippen LogP contribution in [0.3, 0.4) is 0 Å². The van der Waals surface area contributed by atoms with Gasteiger partial charge in [-0.25, -0.2) is 0 Å². The fourth-order valence-electron chi connectivity index (χ4n) is 10.4. The normalized spacial score (nSPS) is 19.9. The van der Waals surface area contributed by atoms with Gasteiger partial charge in [-0.15, -0.1) is 0 Å². The molecule has 0 aromatic rings. The molecule has 9 atom stereocenters. The maximum absolute atomic E-state index is 13.2. The Kier molecular flexibility index (Phi) is 49.4. The molecule has 1 saturated heterocycles. The molecule has 11 heteroatoms. The molecule has 11 nitrogen and oxygen atoms in total. The van der Waals surface area contributed by atoms with Crippen LogP contribution in [-0.2, 0) is 14.3 Å². The smallest absolute Gasteiger partial charge is 0.249 e. The molecule has 0 saturated carbocycles. The van der Waals surface area contributed by atoms with Crippen molar-refractivity contribution >= 4 is 5.91 Å². The molecule has 8 N–H and O–H groups in total. The SMILES string of the molecule is CCCCCCCCCCCCCC/C=C\CCCCCCCCCCCCCCCCCCC(O)C(=O)NC(COC1OC(CO)C(O)C(O)C1O)C(O)C(O)CCCCCCCCCCCCCCCC. The van der Waals surface area contributed by atoms with Crippen LogP contribution in [0, 0.1) is 0 Å². The van der Waals surface area contributed by atoms with Crippen LogP contribution in [0.25, 0.3) is 0 Å². The molecule has 1 fully saturated rings. The summed E-state index contributed by atoms with van der Waals surface area (Å²) in [6.45, 7) is 3.49. The van der Waals surface area contributed by atoms with E-state index in [1.165, 1.54) is 231 Å². The number of hydrogen-bond acceptors (Lipinski definition) is 10. The Balaban J connectivity index is 2.17. The molecule has 9 unspecified atom stereocenters. The van der Waals surface area contributed by atoms with Crippen molar-refractivity contribution in [2.45, 2.75) is 364 Å². The second kappa shape index (κ2) is 51.6. The van der Waals surface area contributed by atoms with Gasteiger partial charge in [-0.05, 0) is 38.5 Å². The predicted molar refractivity (Wildman–Crippen MR) is 303 cm³/mol. The number of aliphatic hydroxyl groups excluding tert-OH is 7. The van der Waals surface area contributed by atoms with Crippen LogP contribution in [0.5, 0.6) is 0 Å². The summed E-state index contributed by atoms with van der Waals surface area (Å²) >= 11 is 0. The zero-order valence-electron chi connectivity index (χ0n) is 47.6. The fraction of sp³-hybridized carbons (Fsp3) is 0.952. The number of amides is 1. The van der Waals surface area contributed by atoms with Crippen molar-refractivity contribution in [2.75, 3.05) is 13.2 Å². The first kappa shape index (κ1) is 69.9. The van der Waals surface area contributed by atoms with Crippen LogP contribution in [0.15, 0.2) is 12.2 Å². The first-order chi connectivity index (χ1) is 35.7. The van der Waals surface area contributed by atoms with E-state index in [-0.39, 0.29) is 6.42 Å². The number of aliphatic hydroxyl groups is 7. The summed E-state index contributed by atoms with van der Waals surface area (Å²) in [6.07, 6.45) is 50.0. The molecule has 1 aliphatic heterocycles. The van der Waals surface area contributed by atoms with Gasteiger partial charge < -0.3 is 50.5 Å². The lowest BCUT2D eigenvalue weighted by Crippen LogP contribution is -2.60. The van der Waals surface area contributed by atoms with Gasteiger partial charge in [0.2, 0.25) is 5.91 Å². The van der Waals surface area contributed by atoms with Crippen LogP contribution in [0.1, 0.15) is 309 Å². The maximum Gasteiger partial charge on any atom is 0.249 e. The number of ether oxygens (including phenoxy) is 2. The minimum Gasteiger partial charge on any atom is -0.394 e. The Labute approximate surface area is 449 Å². The lowest BCUT2D eigenvalue weighted by Gasteiger charge is -2.40. The van der Waals surface area contributed by atoms with Gasteiger partial charge >= 0.3 is 0 Å². The molecule has 0 aromatic heterocycles. The summed E-state index contributed by atoms with van der Waals surface area (Å²) in [4.78, 5) is 13.2. The monoisotopic (exact) mass is 1040 g/mol. The summed E-state index contributed by atoms with van der Waals surface area (Å²) < 4.78 is 11.2. The van der Waals surface area contributed by atoms with Gasteiger partial charge in [0, 0.05) is 0 Å². The summed E-state index contributed by atoms with van der Waals surface area (Å²) in [5, 5.41) is 76.2. The maximum atomic E-state index is 13.2. The van der Waals surface area contributed by atoms with Crippen LogP contribution < -0.4 is 5.32 Å². The van der Waals surface area contributed by atoms with Gasteiger partial charge in [0.05, 0.1) is 25.4 Å². The molecule has 0 aromatic carbocycles. The van der Waals surface area contributed by atoms with E-state index in [1.807, 2.05) is 0 Å². The van der Waals surface area contributed by atoms with Crippen molar-refractivity contribution in [3.63, 3.8) is 0 Å². The average molecular weight is 1040 g/mol. The Morgan fingerprint density at radius 3 is 1.15 bits per heavy atom. The van der Waals surface area contributed by atoms with Gasteiger partial charge in [-0.1, -0.05) is 283 Å². The number of nitrogens with one attached hydrogen (secondary N) is 1. The molecule has 1 aliphatic rings. The Morgan fingerprint density at radius 1 is 0.466 bits per heavy atom. The zero-order valence-corrected chi connectivity index (χ0v) is 47.6. The van der Waals surface area contributed by atoms with E-state index in [0.717, 1.165) is 38.5 Å². The largest absolute Gasteiger partial charge is 0.394 e. The number of unbranched alkanes of at least 4 members (excludes halogenated alkanes) is 41. The summed E-state index contributed by atoms with van der Waals surface area (Å²) in [7, 11) is 0. The van der Waals surface area contributed by atoms with E-state index < -0.39 is 74.2 Å². The lowest BCUT2D eigenvalue weighted by molar-refractivity contribution is -0.303. The Hall–Kier alpha value is -1.15. The predicted octanol–water partition coefficient (Wildman–Crippen LogP) is 13.9. The van der Waals surface area contributed by atoms with Crippen molar-refractivity contribution in [2.24, 2.45) is 0 Å². The molecule has 0 spiro atoms. The highest BCUT2D eigenvalue weighted by Gasteiger charge is 2.44. The molecule has 1 heterocycles. The topological polar surface area (TPSA) is 189 Å². The van der Waals surface area contributed by atoms with Crippen molar-refractivity contribution in [3.8, 4) is 0 Å². The van der Waals surface area contributed by atoms with E-state index >= 15 is 0 Å². The van der Waals surface area contributed by atoms with Crippen molar-refractivity contribution in [1.29, 1.82) is 0 Å². The zero-order chi connectivity index (χ0) is 53.3. The third kappa shape index (κ3) is 39.8. The van der Waals surface area contributed by atoms with E-state index in [2.05, 4.69) is 31.3 Å². The number of rotatable bonds is 55. The second-order valence-electron chi connectivity index (χ2n) is 22.5. The quantitative estimate of drug-likeness (QED) is 0.0215. The van der Waals surface area contributed by atoms with E-state index in [1.54, 1.807) is 0 Å². The number of allylic oxidation sites excluding steroid dienone is 2. The highest BCUT2D eigenvalue weighted by molar-refractivity contribution is 5.80. The van der Waals surface area contributed by atoms with Gasteiger partial charge in [-0.2, -0.15) is 0 Å². The molecule has 0 aliphatic carbocycles. The molecule has 1 rings (SSSR count).